The second-order valence-corrected chi connectivity index (χ2v) is 5.38. The number of pyridine rings is 1. The van der Waals surface area contributed by atoms with Gasteiger partial charge in [0.05, 0.1) is 9.40 Å². The summed E-state index contributed by atoms with van der Waals surface area (Å²) in [4.78, 5) is 16.8. The molecule has 0 radical (unpaired) electrons. The largest absolute Gasteiger partial charge is 0.304 e. The van der Waals surface area contributed by atoms with Gasteiger partial charge in [0.1, 0.15) is 6.20 Å². The predicted molar refractivity (Wildman–Crippen MR) is 76.0 cm³/mol. The van der Waals surface area contributed by atoms with Crippen molar-refractivity contribution in [2.45, 2.75) is 6.92 Å². The third kappa shape index (κ3) is 3.20. The summed E-state index contributed by atoms with van der Waals surface area (Å²) in [6.07, 6.45) is 1.29. The lowest BCUT2D eigenvalue weighted by Crippen LogP contribution is -2.47. The molecule has 0 aromatic carbocycles. The minimum absolute atomic E-state index is 0.0239. The van der Waals surface area contributed by atoms with Gasteiger partial charge in [-0.05, 0) is 29.9 Å². The zero-order chi connectivity index (χ0) is 14.0. The molecule has 0 unspecified atom stereocenters. The number of nitrogens with one attached hydrogen (secondary N) is 1. The highest BCUT2D eigenvalue weighted by atomic mass is 79.9. The van der Waals surface area contributed by atoms with Crippen molar-refractivity contribution in [1.29, 1.82) is 0 Å². The number of rotatable bonds is 3. The van der Waals surface area contributed by atoms with Crippen molar-refractivity contribution in [2.24, 2.45) is 0 Å². The molecule has 104 valence electrons. The molecule has 1 aliphatic rings. The zero-order valence-electron chi connectivity index (χ0n) is 10.9. The van der Waals surface area contributed by atoms with E-state index in [1.54, 1.807) is 6.92 Å². The number of hydrogen-bond acceptors (Lipinski definition) is 6. The van der Waals surface area contributed by atoms with Gasteiger partial charge in [0.25, 0.3) is 5.69 Å². The molecule has 19 heavy (non-hydrogen) atoms. The van der Waals surface area contributed by atoms with E-state index in [-0.39, 0.29) is 5.69 Å². The summed E-state index contributed by atoms with van der Waals surface area (Å²) in [5.41, 5.74) is 3.81. The first-order chi connectivity index (χ1) is 8.99. The molecule has 0 amide bonds. The summed E-state index contributed by atoms with van der Waals surface area (Å²) in [5, 5.41) is 12.9. The fourth-order valence-electron chi connectivity index (χ4n) is 1.90. The van der Waals surface area contributed by atoms with Crippen LogP contribution in [0, 0.1) is 17.0 Å². The van der Waals surface area contributed by atoms with E-state index in [2.05, 4.69) is 43.3 Å². The Morgan fingerprint density at radius 2 is 2.05 bits per heavy atom. The van der Waals surface area contributed by atoms with Crippen LogP contribution in [0.25, 0.3) is 0 Å². The highest BCUT2D eigenvalue weighted by Crippen LogP contribution is 2.30. The molecule has 1 aromatic heterocycles. The quantitative estimate of drug-likeness (QED) is 0.671. The Bertz CT molecular complexity index is 488. The van der Waals surface area contributed by atoms with Crippen molar-refractivity contribution < 1.29 is 4.92 Å². The maximum absolute atomic E-state index is 10.8. The lowest BCUT2D eigenvalue weighted by Gasteiger charge is -2.32. The standard InChI is InChI=1S/C11H16BrN5O2/c1-8-9(17(18)19)7-13-11(10(8)12)14-16-5-3-15(2)4-6-16/h7H,3-6H2,1-2H3,(H,13,14). The molecular formula is C11H16BrN5O2. The molecule has 0 spiro atoms. The average Bonchev–Trinajstić information content (AvgIpc) is 2.37. The molecule has 1 aliphatic heterocycles. The Kier molecular flexibility index (Phi) is 4.33. The van der Waals surface area contributed by atoms with Gasteiger partial charge in [0.2, 0.25) is 0 Å². The van der Waals surface area contributed by atoms with E-state index in [1.165, 1.54) is 6.20 Å². The van der Waals surface area contributed by atoms with Crippen LogP contribution in [0.4, 0.5) is 11.5 Å². The summed E-state index contributed by atoms with van der Waals surface area (Å²) in [5.74, 6) is 0.618. The second-order valence-electron chi connectivity index (χ2n) is 4.59. The monoisotopic (exact) mass is 329 g/mol. The first kappa shape index (κ1) is 14.2. The zero-order valence-corrected chi connectivity index (χ0v) is 12.5. The molecule has 8 heteroatoms. The number of piperazine rings is 1. The van der Waals surface area contributed by atoms with Gasteiger partial charge < -0.3 is 10.3 Å². The van der Waals surface area contributed by atoms with Crippen molar-refractivity contribution in [2.75, 3.05) is 38.7 Å². The maximum Gasteiger partial charge on any atom is 0.291 e. The molecule has 0 atom stereocenters. The van der Waals surface area contributed by atoms with Gasteiger partial charge in [-0.3, -0.25) is 10.1 Å². The SMILES string of the molecule is Cc1c([N+](=O)[O-])cnc(NN2CCN(C)CC2)c1Br. The number of anilines is 1. The van der Waals surface area contributed by atoms with Crippen LogP contribution in [-0.4, -0.2) is 53.0 Å². The number of aromatic nitrogens is 1. The number of halogens is 1. The number of hydrogen-bond donors (Lipinski definition) is 1. The van der Waals surface area contributed by atoms with E-state index in [9.17, 15) is 10.1 Å². The Morgan fingerprint density at radius 3 is 2.63 bits per heavy atom. The highest BCUT2D eigenvalue weighted by Gasteiger charge is 2.20. The topological polar surface area (TPSA) is 74.5 Å². The van der Waals surface area contributed by atoms with Crippen LogP contribution in [0.2, 0.25) is 0 Å². The van der Waals surface area contributed by atoms with Gasteiger partial charge in [-0.25, -0.2) is 9.99 Å². The minimum Gasteiger partial charge on any atom is -0.304 e. The van der Waals surface area contributed by atoms with Crippen LogP contribution >= 0.6 is 15.9 Å². The van der Waals surface area contributed by atoms with Gasteiger partial charge in [-0.1, -0.05) is 0 Å². The molecule has 1 N–H and O–H groups in total. The van der Waals surface area contributed by atoms with Crippen LogP contribution < -0.4 is 5.43 Å². The molecule has 1 aromatic rings. The Morgan fingerprint density at radius 1 is 1.42 bits per heavy atom. The third-order valence-electron chi connectivity index (χ3n) is 3.20. The fourth-order valence-corrected chi connectivity index (χ4v) is 2.29. The molecule has 1 saturated heterocycles. The van der Waals surface area contributed by atoms with E-state index in [4.69, 9.17) is 0 Å². The van der Waals surface area contributed by atoms with Gasteiger partial charge in [0.15, 0.2) is 5.82 Å². The Labute approximate surface area is 119 Å². The Balaban J connectivity index is 2.13. The van der Waals surface area contributed by atoms with Crippen molar-refractivity contribution in [3.63, 3.8) is 0 Å². The molecule has 2 heterocycles. The Hall–Kier alpha value is -1.25. The summed E-state index contributed by atoms with van der Waals surface area (Å²) in [6.45, 7) is 5.45. The molecule has 0 saturated carbocycles. The van der Waals surface area contributed by atoms with Crippen molar-refractivity contribution >= 4 is 27.4 Å². The van der Waals surface area contributed by atoms with Gasteiger partial charge in [0, 0.05) is 31.7 Å². The molecule has 1 fully saturated rings. The lowest BCUT2D eigenvalue weighted by atomic mass is 10.2. The first-order valence-corrected chi connectivity index (χ1v) is 6.78. The van der Waals surface area contributed by atoms with Crippen LogP contribution in [0.3, 0.4) is 0 Å². The van der Waals surface area contributed by atoms with E-state index < -0.39 is 4.92 Å². The highest BCUT2D eigenvalue weighted by molar-refractivity contribution is 9.10. The van der Waals surface area contributed by atoms with Crippen LogP contribution in [0.15, 0.2) is 10.7 Å². The van der Waals surface area contributed by atoms with E-state index in [0.29, 0.717) is 15.9 Å². The predicted octanol–water partition coefficient (Wildman–Crippen LogP) is 1.64. The minimum atomic E-state index is -0.424. The number of hydrazine groups is 1. The summed E-state index contributed by atoms with van der Waals surface area (Å²) in [7, 11) is 2.08. The van der Waals surface area contributed by atoms with Crippen molar-refractivity contribution in [1.82, 2.24) is 14.9 Å². The first-order valence-electron chi connectivity index (χ1n) is 5.98. The van der Waals surface area contributed by atoms with Crippen LogP contribution in [-0.2, 0) is 0 Å². The summed E-state index contributed by atoms with van der Waals surface area (Å²) in [6, 6.07) is 0. The van der Waals surface area contributed by atoms with E-state index >= 15 is 0 Å². The normalized spacial score (nSPS) is 17.4. The molecule has 0 bridgehead atoms. The van der Waals surface area contributed by atoms with Gasteiger partial charge in [-0.2, -0.15) is 0 Å². The van der Waals surface area contributed by atoms with Gasteiger partial charge >= 0.3 is 0 Å². The summed E-state index contributed by atoms with van der Waals surface area (Å²) >= 11 is 3.37. The maximum atomic E-state index is 10.8. The molecule has 2 rings (SSSR count). The molecular weight excluding hydrogens is 314 g/mol. The van der Waals surface area contributed by atoms with E-state index in [1.807, 2.05) is 0 Å². The molecule has 7 nitrogen and oxygen atoms in total. The van der Waals surface area contributed by atoms with Crippen LogP contribution in [0.1, 0.15) is 5.56 Å². The van der Waals surface area contributed by atoms with Gasteiger partial charge in [-0.15, -0.1) is 0 Å². The summed E-state index contributed by atoms with van der Waals surface area (Å²) < 4.78 is 0.639. The third-order valence-corrected chi connectivity index (χ3v) is 4.17. The number of likely N-dealkylation sites (N-methyl/N-ethyl adjacent to an activating group) is 1. The number of nitrogens with zero attached hydrogens (tertiary/aromatic N) is 4. The van der Waals surface area contributed by atoms with Crippen LogP contribution in [0.5, 0.6) is 0 Å². The van der Waals surface area contributed by atoms with Crippen molar-refractivity contribution in [3.8, 4) is 0 Å². The fraction of sp³-hybridized carbons (Fsp3) is 0.545. The van der Waals surface area contributed by atoms with E-state index in [0.717, 1.165) is 26.2 Å². The number of nitro groups is 1. The van der Waals surface area contributed by atoms with Crippen molar-refractivity contribution in [3.05, 3.63) is 26.3 Å². The second kappa shape index (κ2) is 5.81. The molecule has 0 aliphatic carbocycles. The lowest BCUT2D eigenvalue weighted by molar-refractivity contribution is -0.385. The smallest absolute Gasteiger partial charge is 0.291 e. The average molecular weight is 330 g/mol.